The summed E-state index contributed by atoms with van der Waals surface area (Å²) in [6.07, 6.45) is 6.13. The SMILES string of the molecule is CN(c1cnc(-c2ccc(C3CCOC3)cc2O)cn1)[C@H]1CC2CCC(N2)[C@H]1F. The predicted molar refractivity (Wildman–Crippen MR) is 109 cm³/mol. The molecule has 5 atom stereocenters. The van der Waals surface area contributed by atoms with Gasteiger partial charge in [-0.25, -0.2) is 9.37 Å². The first-order valence-electron chi connectivity index (χ1n) is 10.5. The van der Waals surface area contributed by atoms with E-state index in [1.54, 1.807) is 18.5 Å². The minimum atomic E-state index is -0.906. The van der Waals surface area contributed by atoms with Gasteiger partial charge in [-0.05, 0) is 43.4 Å². The van der Waals surface area contributed by atoms with E-state index in [-0.39, 0.29) is 17.8 Å². The number of halogens is 1. The van der Waals surface area contributed by atoms with Crippen LogP contribution in [0.5, 0.6) is 5.75 Å². The van der Waals surface area contributed by atoms with Crippen LogP contribution >= 0.6 is 0 Å². The van der Waals surface area contributed by atoms with Crippen LogP contribution in [0.1, 0.15) is 37.2 Å². The topological polar surface area (TPSA) is 70.5 Å². The van der Waals surface area contributed by atoms with Crippen molar-refractivity contribution >= 4 is 5.82 Å². The van der Waals surface area contributed by atoms with E-state index < -0.39 is 6.17 Å². The highest BCUT2D eigenvalue weighted by atomic mass is 19.1. The van der Waals surface area contributed by atoms with Crippen molar-refractivity contribution in [3.8, 4) is 17.0 Å². The van der Waals surface area contributed by atoms with E-state index in [0.29, 0.717) is 35.6 Å². The zero-order valence-electron chi connectivity index (χ0n) is 16.6. The Balaban J connectivity index is 1.33. The van der Waals surface area contributed by atoms with E-state index in [9.17, 15) is 9.50 Å². The number of aromatic hydroxyl groups is 1. The summed E-state index contributed by atoms with van der Waals surface area (Å²) in [7, 11) is 1.89. The molecule has 3 unspecified atom stereocenters. The average Bonchev–Trinajstić information content (AvgIpc) is 3.41. The third kappa shape index (κ3) is 3.46. The van der Waals surface area contributed by atoms with Gasteiger partial charge in [-0.1, -0.05) is 6.07 Å². The summed E-state index contributed by atoms with van der Waals surface area (Å²) in [4.78, 5) is 10.9. The van der Waals surface area contributed by atoms with Crippen LogP contribution in [0.2, 0.25) is 0 Å². The molecule has 0 spiro atoms. The number of nitrogens with zero attached hydrogens (tertiary/aromatic N) is 3. The molecule has 0 radical (unpaired) electrons. The molecule has 3 fully saturated rings. The Morgan fingerprint density at radius 3 is 2.83 bits per heavy atom. The molecule has 3 saturated heterocycles. The van der Waals surface area contributed by atoms with Crippen molar-refractivity contribution < 1.29 is 14.2 Å². The van der Waals surface area contributed by atoms with Crippen LogP contribution in [0.3, 0.4) is 0 Å². The summed E-state index contributed by atoms with van der Waals surface area (Å²) in [5.74, 6) is 1.19. The van der Waals surface area contributed by atoms with Gasteiger partial charge in [-0.3, -0.25) is 4.98 Å². The van der Waals surface area contributed by atoms with Crippen LogP contribution in [0.4, 0.5) is 10.2 Å². The number of phenolic OH excluding ortho intramolecular Hbond substituents is 1. The number of benzene rings is 1. The number of fused-ring (bicyclic) bond motifs is 2. The molecule has 3 aliphatic rings. The smallest absolute Gasteiger partial charge is 0.147 e. The van der Waals surface area contributed by atoms with Gasteiger partial charge in [0.25, 0.3) is 0 Å². The van der Waals surface area contributed by atoms with Crippen molar-refractivity contribution in [2.45, 2.75) is 55.9 Å². The second-order valence-electron chi connectivity index (χ2n) is 8.50. The maximum Gasteiger partial charge on any atom is 0.147 e. The summed E-state index contributed by atoms with van der Waals surface area (Å²) < 4.78 is 20.3. The fourth-order valence-electron chi connectivity index (χ4n) is 4.98. The molecule has 4 heterocycles. The van der Waals surface area contributed by atoms with Gasteiger partial charge in [0.15, 0.2) is 0 Å². The largest absolute Gasteiger partial charge is 0.507 e. The summed E-state index contributed by atoms with van der Waals surface area (Å²) >= 11 is 0. The highest BCUT2D eigenvalue weighted by Gasteiger charge is 2.43. The zero-order chi connectivity index (χ0) is 20.0. The lowest BCUT2D eigenvalue weighted by Crippen LogP contribution is -2.55. The van der Waals surface area contributed by atoms with Crippen LogP contribution < -0.4 is 10.2 Å². The summed E-state index contributed by atoms with van der Waals surface area (Å²) in [5, 5.41) is 13.9. The van der Waals surface area contributed by atoms with Gasteiger partial charge in [0.2, 0.25) is 0 Å². The molecular weight excluding hydrogens is 371 g/mol. The van der Waals surface area contributed by atoms with Gasteiger partial charge in [0.1, 0.15) is 17.7 Å². The van der Waals surface area contributed by atoms with Gasteiger partial charge in [-0.2, -0.15) is 0 Å². The number of anilines is 1. The third-order valence-electron chi connectivity index (χ3n) is 6.75. The molecule has 29 heavy (non-hydrogen) atoms. The van der Waals surface area contributed by atoms with Crippen LogP contribution in [0, 0.1) is 0 Å². The first-order chi connectivity index (χ1) is 14.1. The minimum absolute atomic E-state index is 0.0471. The number of phenols is 1. The number of rotatable bonds is 4. The van der Waals surface area contributed by atoms with Gasteiger partial charge in [0, 0.05) is 37.2 Å². The Bertz CT molecular complexity index is 872. The number of alkyl halides is 1. The first kappa shape index (κ1) is 18.8. The van der Waals surface area contributed by atoms with E-state index >= 15 is 0 Å². The molecule has 1 aromatic carbocycles. The molecule has 2 aromatic rings. The Morgan fingerprint density at radius 2 is 2.10 bits per heavy atom. The summed E-state index contributed by atoms with van der Waals surface area (Å²) in [6.45, 7) is 1.47. The average molecular weight is 398 g/mol. The zero-order valence-corrected chi connectivity index (χ0v) is 16.6. The molecule has 0 saturated carbocycles. The van der Waals surface area contributed by atoms with Crippen molar-refractivity contribution in [3.63, 3.8) is 0 Å². The number of ether oxygens (including phenoxy) is 1. The Kier molecular flexibility index (Phi) is 4.87. The van der Waals surface area contributed by atoms with Crippen molar-refractivity contribution in [1.82, 2.24) is 15.3 Å². The van der Waals surface area contributed by atoms with E-state index in [1.807, 2.05) is 24.1 Å². The number of aromatic nitrogens is 2. The monoisotopic (exact) mass is 398 g/mol. The summed E-state index contributed by atoms with van der Waals surface area (Å²) in [5.41, 5.74) is 2.34. The quantitative estimate of drug-likeness (QED) is 0.825. The molecule has 154 valence electrons. The van der Waals surface area contributed by atoms with Crippen molar-refractivity contribution in [3.05, 3.63) is 36.2 Å². The second-order valence-corrected chi connectivity index (χ2v) is 8.50. The Hall–Kier alpha value is -2.25. The summed E-state index contributed by atoms with van der Waals surface area (Å²) in [6, 6.07) is 5.87. The minimum Gasteiger partial charge on any atom is -0.507 e. The number of nitrogens with one attached hydrogen (secondary N) is 1. The number of hydrogen-bond donors (Lipinski definition) is 2. The first-order valence-corrected chi connectivity index (χ1v) is 10.5. The molecule has 6 nitrogen and oxygen atoms in total. The lowest BCUT2D eigenvalue weighted by molar-refractivity contribution is 0.176. The standard InChI is InChI=1S/C22H27FN4O2/c1-27(19-9-15-3-5-17(26-15)22(19)23)21-11-24-18(10-25-21)16-4-2-13(8-20(16)28)14-6-7-29-12-14/h2,4,8,10-11,14-15,17,19,22,26,28H,3,5-7,9,12H2,1H3/t14?,15?,17?,19-,22+/m0/s1. The van der Waals surface area contributed by atoms with Crippen molar-refractivity contribution in [1.29, 1.82) is 0 Å². The van der Waals surface area contributed by atoms with E-state index in [2.05, 4.69) is 15.3 Å². The molecule has 3 aliphatic heterocycles. The number of hydrogen-bond acceptors (Lipinski definition) is 6. The number of piperidine rings is 1. The third-order valence-corrected chi connectivity index (χ3v) is 6.75. The highest BCUT2D eigenvalue weighted by molar-refractivity contribution is 5.67. The van der Waals surface area contributed by atoms with Crippen molar-refractivity contribution in [2.24, 2.45) is 0 Å². The van der Waals surface area contributed by atoms with Gasteiger partial charge < -0.3 is 20.1 Å². The maximum absolute atomic E-state index is 14.8. The van der Waals surface area contributed by atoms with E-state index in [0.717, 1.165) is 37.9 Å². The fourth-order valence-corrected chi connectivity index (χ4v) is 4.98. The maximum atomic E-state index is 14.8. The van der Waals surface area contributed by atoms with Gasteiger partial charge >= 0.3 is 0 Å². The van der Waals surface area contributed by atoms with E-state index in [1.165, 1.54) is 0 Å². The molecule has 2 N–H and O–H groups in total. The van der Waals surface area contributed by atoms with Crippen LogP contribution in [0.25, 0.3) is 11.3 Å². The molecule has 2 bridgehead atoms. The predicted octanol–water partition coefficient (Wildman–Crippen LogP) is 3.02. The lowest BCUT2D eigenvalue weighted by Gasteiger charge is -2.38. The Labute approximate surface area is 170 Å². The molecule has 0 aliphatic carbocycles. The van der Waals surface area contributed by atoms with Crippen LogP contribution in [0.15, 0.2) is 30.6 Å². The molecule has 1 aromatic heterocycles. The lowest BCUT2D eigenvalue weighted by atomic mass is 9.96. The van der Waals surface area contributed by atoms with Gasteiger partial charge in [-0.15, -0.1) is 0 Å². The van der Waals surface area contributed by atoms with E-state index in [4.69, 9.17) is 4.74 Å². The molecule has 0 amide bonds. The molecule has 7 heteroatoms. The normalized spacial score (nSPS) is 31.2. The van der Waals surface area contributed by atoms with Crippen LogP contribution in [-0.2, 0) is 4.74 Å². The van der Waals surface area contributed by atoms with Gasteiger partial charge in [0.05, 0.1) is 30.7 Å². The van der Waals surface area contributed by atoms with Crippen LogP contribution in [-0.4, -0.2) is 59.6 Å². The molecular formula is C22H27FN4O2. The second kappa shape index (κ2) is 7.54. The molecule has 5 rings (SSSR count). The fraction of sp³-hybridized carbons (Fsp3) is 0.545. The highest BCUT2D eigenvalue weighted by Crippen LogP contribution is 2.35. The van der Waals surface area contributed by atoms with Crippen molar-refractivity contribution in [2.75, 3.05) is 25.2 Å². The Morgan fingerprint density at radius 1 is 1.21 bits per heavy atom.